The maximum absolute atomic E-state index is 6.16. The highest BCUT2D eigenvalue weighted by atomic mass is 35.5. The van der Waals surface area contributed by atoms with Gasteiger partial charge in [0.05, 0.1) is 24.3 Å². The molecule has 1 fully saturated rings. The molecule has 2 heterocycles. The van der Waals surface area contributed by atoms with E-state index >= 15 is 0 Å². The van der Waals surface area contributed by atoms with Gasteiger partial charge in [-0.3, -0.25) is 0 Å². The van der Waals surface area contributed by atoms with Crippen LogP contribution in [0.2, 0.25) is 5.28 Å². The number of ether oxygens (including phenoxy) is 2. The van der Waals surface area contributed by atoms with E-state index in [1.807, 2.05) is 32.0 Å². The lowest BCUT2D eigenvalue weighted by Crippen LogP contribution is -2.33. The summed E-state index contributed by atoms with van der Waals surface area (Å²) in [6.07, 6.45) is 2.35. The number of halogens is 1. The first kappa shape index (κ1) is 16.3. The first-order valence-electron chi connectivity index (χ1n) is 7.98. The van der Waals surface area contributed by atoms with Gasteiger partial charge < -0.3 is 14.4 Å². The number of rotatable bonds is 5. The first-order chi connectivity index (χ1) is 11.1. The summed E-state index contributed by atoms with van der Waals surface area (Å²) in [5, 5.41) is 1.26. The third kappa shape index (κ3) is 3.51. The Bertz CT molecular complexity index is 693. The Balaban J connectivity index is 2.03. The maximum Gasteiger partial charge on any atom is 0.224 e. The van der Waals surface area contributed by atoms with Crippen LogP contribution in [-0.4, -0.2) is 42.4 Å². The van der Waals surface area contributed by atoms with Gasteiger partial charge in [-0.1, -0.05) is 0 Å². The van der Waals surface area contributed by atoms with Gasteiger partial charge in [-0.15, -0.1) is 0 Å². The van der Waals surface area contributed by atoms with Crippen LogP contribution < -0.4 is 9.64 Å². The third-order valence-electron chi connectivity index (χ3n) is 4.00. The van der Waals surface area contributed by atoms with Gasteiger partial charge >= 0.3 is 0 Å². The van der Waals surface area contributed by atoms with Crippen molar-refractivity contribution in [3.05, 3.63) is 23.5 Å². The van der Waals surface area contributed by atoms with Crippen molar-refractivity contribution in [2.24, 2.45) is 0 Å². The molecule has 0 aliphatic carbocycles. The fraction of sp³-hybridized carbons (Fsp3) is 0.529. The molecule has 1 aromatic heterocycles. The Kier molecular flexibility index (Phi) is 4.87. The standard InChI is InChI=1S/C17H22ClN3O2/c1-11(2)23-13-6-7-14-15(9-13)19-17(18)20-16(14)21-8-4-5-12(21)10-22-3/h6-7,9,11-12H,4-5,8,10H2,1-3H3/t12-/m0/s1. The second-order valence-electron chi connectivity index (χ2n) is 6.11. The molecule has 0 radical (unpaired) electrons. The van der Waals surface area contributed by atoms with Crippen LogP contribution in [-0.2, 0) is 4.74 Å². The lowest BCUT2D eigenvalue weighted by atomic mass is 10.2. The molecule has 1 aliphatic heterocycles. The summed E-state index contributed by atoms with van der Waals surface area (Å²) in [7, 11) is 1.73. The molecule has 3 rings (SSSR count). The molecule has 23 heavy (non-hydrogen) atoms. The summed E-state index contributed by atoms with van der Waals surface area (Å²) in [5.41, 5.74) is 0.807. The van der Waals surface area contributed by atoms with E-state index < -0.39 is 0 Å². The number of hydrogen-bond donors (Lipinski definition) is 0. The summed E-state index contributed by atoms with van der Waals surface area (Å²) >= 11 is 6.16. The Hall–Kier alpha value is -1.59. The largest absolute Gasteiger partial charge is 0.491 e. The molecule has 1 atom stereocenters. The predicted molar refractivity (Wildman–Crippen MR) is 92.6 cm³/mol. The second-order valence-corrected chi connectivity index (χ2v) is 6.44. The van der Waals surface area contributed by atoms with Crippen molar-refractivity contribution in [3.63, 3.8) is 0 Å². The molecule has 2 aromatic rings. The van der Waals surface area contributed by atoms with E-state index in [-0.39, 0.29) is 11.4 Å². The molecule has 0 N–H and O–H groups in total. The van der Waals surface area contributed by atoms with Gasteiger partial charge in [0.2, 0.25) is 5.28 Å². The molecule has 5 nitrogen and oxygen atoms in total. The highest BCUT2D eigenvalue weighted by molar-refractivity contribution is 6.28. The van der Waals surface area contributed by atoms with E-state index in [2.05, 4.69) is 14.9 Å². The van der Waals surface area contributed by atoms with E-state index in [9.17, 15) is 0 Å². The number of nitrogens with zero attached hydrogens (tertiary/aromatic N) is 3. The SMILES string of the molecule is COC[C@@H]1CCCN1c1nc(Cl)nc2cc(OC(C)C)ccc12. The summed E-state index contributed by atoms with van der Waals surface area (Å²) in [5.74, 6) is 1.68. The number of anilines is 1. The molecule has 0 unspecified atom stereocenters. The van der Waals surface area contributed by atoms with Crippen molar-refractivity contribution in [2.45, 2.75) is 38.8 Å². The number of fused-ring (bicyclic) bond motifs is 1. The predicted octanol–water partition coefficient (Wildman–Crippen LogP) is 3.69. The summed E-state index contributed by atoms with van der Waals surface area (Å²) in [6.45, 7) is 5.66. The Morgan fingerprint density at radius 1 is 1.35 bits per heavy atom. The van der Waals surface area contributed by atoms with Gasteiger partial charge in [0, 0.05) is 25.1 Å². The van der Waals surface area contributed by atoms with Crippen LogP contribution >= 0.6 is 11.6 Å². The first-order valence-corrected chi connectivity index (χ1v) is 8.36. The number of benzene rings is 1. The monoisotopic (exact) mass is 335 g/mol. The zero-order chi connectivity index (χ0) is 16.4. The average Bonchev–Trinajstić information content (AvgIpc) is 2.94. The van der Waals surface area contributed by atoms with Gasteiger partial charge in [-0.25, -0.2) is 4.98 Å². The highest BCUT2D eigenvalue weighted by Gasteiger charge is 2.27. The third-order valence-corrected chi connectivity index (χ3v) is 4.17. The van der Waals surface area contributed by atoms with Gasteiger partial charge in [0.15, 0.2) is 0 Å². The van der Waals surface area contributed by atoms with Crippen LogP contribution in [0.15, 0.2) is 18.2 Å². The van der Waals surface area contributed by atoms with E-state index in [4.69, 9.17) is 21.1 Å². The number of aromatic nitrogens is 2. The van der Waals surface area contributed by atoms with Crippen molar-refractivity contribution in [1.82, 2.24) is 9.97 Å². The minimum atomic E-state index is 0.119. The van der Waals surface area contributed by atoms with Crippen molar-refractivity contribution in [2.75, 3.05) is 25.2 Å². The van der Waals surface area contributed by atoms with E-state index in [1.54, 1.807) is 7.11 Å². The molecular weight excluding hydrogens is 314 g/mol. The summed E-state index contributed by atoms with van der Waals surface area (Å²) < 4.78 is 11.1. The molecule has 0 saturated carbocycles. The zero-order valence-corrected chi connectivity index (χ0v) is 14.5. The van der Waals surface area contributed by atoms with Crippen molar-refractivity contribution in [1.29, 1.82) is 0 Å². The maximum atomic E-state index is 6.16. The lowest BCUT2D eigenvalue weighted by Gasteiger charge is -2.26. The van der Waals surface area contributed by atoms with Crippen LogP contribution in [0.3, 0.4) is 0 Å². The van der Waals surface area contributed by atoms with E-state index in [1.165, 1.54) is 0 Å². The highest BCUT2D eigenvalue weighted by Crippen LogP contribution is 2.33. The molecular formula is C17H22ClN3O2. The summed E-state index contributed by atoms with van der Waals surface area (Å²) in [4.78, 5) is 11.1. The molecule has 1 saturated heterocycles. The van der Waals surface area contributed by atoms with Gasteiger partial charge in [0.25, 0.3) is 0 Å². The topological polar surface area (TPSA) is 47.5 Å². The van der Waals surface area contributed by atoms with Gasteiger partial charge in [-0.2, -0.15) is 4.98 Å². The minimum absolute atomic E-state index is 0.119. The summed E-state index contributed by atoms with van der Waals surface area (Å²) in [6, 6.07) is 6.24. The minimum Gasteiger partial charge on any atom is -0.491 e. The number of methoxy groups -OCH3 is 1. The second kappa shape index (κ2) is 6.89. The van der Waals surface area contributed by atoms with Crippen molar-refractivity contribution in [3.8, 4) is 5.75 Å². The van der Waals surface area contributed by atoms with Crippen LogP contribution in [0.5, 0.6) is 5.75 Å². The molecule has 0 amide bonds. The van der Waals surface area contributed by atoms with E-state index in [0.717, 1.165) is 41.9 Å². The molecule has 0 bridgehead atoms. The fourth-order valence-corrected chi connectivity index (χ4v) is 3.28. The van der Waals surface area contributed by atoms with Crippen LogP contribution in [0.4, 0.5) is 5.82 Å². The lowest BCUT2D eigenvalue weighted by molar-refractivity contribution is 0.180. The quantitative estimate of drug-likeness (QED) is 0.780. The fourth-order valence-electron chi connectivity index (χ4n) is 3.11. The number of hydrogen-bond acceptors (Lipinski definition) is 5. The Morgan fingerprint density at radius 2 is 2.17 bits per heavy atom. The molecule has 6 heteroatoms. The van der Waals surface area contributed by atoms with Crippen molar-refractivity contribution >= 4 is 28.3 Å². The normalized spacial score (nSPS) is 18.1. The van der Waals surface area contributed by atoms with Crippen molar-refractivity contribution < 1.29 is 9.47 Å². The Labute approximate surface area is 141 Å². The van der Waals surface area contributed by atoms with Gasteiger partial charge in [0.1, 0.15) is 11.6 Å². The van der Waals surface area contributed by atoms with Gasteiger partial charge in [-0.05, 0) is 50.4 Å². The molecule has 0 spiro atoms. The van der Waals surface area contributed by atoms with E-state index in [0.29, 0.717) is 12.6 Å². The van der Waals surface area contributed by atoms with Crippen LogP contribution in [0.1, 0.15) is 26.7 Å². The van der Waals surface area contributed by atoms with Crippen LogP contribution in [0.25, 0.3) is 10.9 Å². The van der Waals surface area contributed by atoms with Crippen LogP contribution in [0, 0.1) is 0 Å². The average molecular weight is 336 g/mol. The molecule has 1 aliphatic rings. The molecule has 124 valence electrons. The zero-order valence-electron chi connectivity index (χ0n) is 13.8. The molecule has 1 aromatic carbocycles. The Morgan fingerprint density at radius 3 is 2.91 bits per heavy atom. The smallest absolute Gasteiger partial charge is 0.224 e.